The second kappa shape index (κ2) is 11.9. The van der Waals surface area contributed by atoms with Crippen molar-refractivity contribution in [2.75, 3.05) is 0 Å². The summed E-state index contributed by atoms with van der Waals surface area (Å²) in [6.45, 7) is 0. The Bertz CT molecular complexity index is 2910. The molecular weight excluding hydrogens is 623 g/mol. The summed E-state index contributed by atoms with van der Waals surface area (Å²) in [7, 11) is 0. The number of para-hydroxylation sites is 1. The van der Waals surface area contributed by atoms with E-state index in [4.69, 9.17) is 19.4 Å². The third-order valence-electron chi connectivity index (χ3n) is 9.72. The Labute approximate surface area is 294 Å². The van der Waals surface area contributed by atoms with Crippen LogP contribution in [0, 0.1) is 0 Å². The maximum atomic E-state index is 6.25. The second-order valence-corrected chi connectivity index (χ2v) is 12.7. The average Bonchev–Trinajstić information content (AvgIpc) is 3.60. The molecule has 0 bridgehead atoms. The first-order chi connectivity index (χ1) is 25.3. The van der Waals surface area contributed by atoms with Crippen LogP contribution in [0.4, 0.5) is 0 Å². The fourth-order valence-electron chi connectivity index (χ4n) is 7.46. The molecular formula is C47H29N3O. The highest BCUT2D eigenvalue weighted by molar-refractivity contribution is 6.21. The van der Waals surface area contributed by atoms with Gasteiger partial charge in [-0.3, -0.25) is 0 Å². The topological polar surface area (TPSA) is 51.8 Å². The first kappa shape index (κ1) is 29.0. The van der Waals surface area contributed by atoms with Crippen LogP contribution in [-0.4, -0.2) is 15.0 Å². The van der Waals surface area contributed by atoms with E-state index in [1.807, 2.05) is 60.7 Å². The molecule has 10 aromatic rings. The third kappa shape index (κ3) is 4.88. The summed E-state index contributed by atoms with van der Waals surface area (Å²) in [6, 6.07) is 61.1. The molecule has 0 saturated heterocycles. The van der Waals surface area contributed by atoms with Gasteiger partial charge in [0.05, 0.1) is 0 Å². The fourth-order valence-corrected chi connectivity index (χ4v) is 7.46. The van der Waals surface area contributed by atoms with Gasteiger partial charge in [0.1, 0.15) is 11.2 Å². The van der Waals surface area contributed by atoms with Crippen molar-refractivity contribution in [2.24, 2.45) is 0 Å². The van der Waals surface area contributed by atoms with Crippen LogP contribution in [0.2, 0.25) is 0 Å². The van der Waals surface area contributed by atoms with Crippen LogP contribution in [0.25, 0.3) is 99.9 Å². The maximum absolute atomic E-state index is 6.25. The van der Waals surface area contributed by atoms with E-state index in [1.54, 1.807) is 0 Å². The predicted octanol–water partition coefficient (Wildman–Crippen LogP) is 12.4. The van der Waals surface area contributed by atoms with E-state index in [2.05, 4.69) is 115 Å². The molecule has 0 amide bonds. The molecule has 0 spiro atoms. The molecule has 0 aliphatic rings. The van der Waals surface area contributed by atoms with E-state index in [0.717, 1.165) is 44.2 Å². The van der Waals surface area contributed by atoms with E-state index >= 15 is 0 Å². The van der Waals surface area contributed by atoms with E-state index in [1.165, 1.54) is 38.2 Å². The molecule has 0 unspecified atom stereocenters. The van der Waals surface area contributed by atoms with Crippen LogP contribution >= 0.6 is 0 Å². The summed E-state index contributed by atoms with van der Waals surface area (Å²) in [5, 5.41) is 6.91. The molecule has 238 valence electrons. The Morgan fingerprint density at radius 1 is 0.314 bits per heavy atom. The largest absolute Gasteiger partial charge is 0.456 e. The average molecular weight is 652 g/mol. The molecule has 4 heteroatoms. The molecule has 0 atom stereocenters. The lowest BCUT2D eigenvalue weighted by Crippen LogP contribution is -2.00. The van der Waals surface area contributed by atoms with Gasteiger partial charge in [-0.15, -0.1) is 0 Å². The molecule has 0 fully saturated rings. The Balaban J connectivity index is 1.23. The number of aromatic nitrogens is 3. The van der Waals surface area contributed by atoms with Crippen molar-refractivity contribution in [3.05, 3.63) is 176 Å². The van der Waals surface area contributed by atoms with Crippen LogP contribution in [0.1, 0.15) is 0 Å². The van der Waals surface area contributed by atoms with E-state index < -0.39 is 0 Å². The number of hydrogen-bond donors (Lipinski definition) is 0. The summed E-state index contributed by atoms with van der Waals surface area (Å²) in [5.41, 5.74) is 9.04. The zero-order valence-corrected chi connectivity index (χ0v) is 27.5. The summed E-state index contributed by atoms with van der Waals surface area (Å²) in [5.74, 6) is 1.83. The Morgan fingerprint density at radius 3 is 1.49 bits per heavy atom. The van der Waals surface area contributed by atoms with E-state index in [0.29, 0.717) is 17.5 Å². The number of nitrogens with zero attached hydrogens (tertiary/aromatic N) is 3. The standard InChI is InChI=1S/C47H29N3O/c1-3-15-30(16-4-1)42-36-23-9-7-21-34(36)35-22-8-10-24-37(35)43(42)32-19-13-20-33(29-32)46-48-45(31-17-5-2-6-18-31)49-47(50-46)39-26-14-28-41-44(39)38-25-11-12-27-40(38)51-41/h1-29H. The molecule has 10 rings (SSSR count). The molecule has 0 saturated carbocycles. The summed E-state index contributed by atoms with van der Waals surface area (Å²) < 4.78 is 6.25. The van der Waals surface area contributed by atoms with Gasteiger partial charge in [0.2, 0.25) is 0 Å². The third-order valence-corrected chi connectivity index (χ3v) is 9.72. The smallest absolute Gasteiger partial charge is 0.164 e. The van der Waals surface area contributed by atoms with Gasteiger partial charge in [0.25, 0.3) is 0 Å². The van der Waals surface area contributed by atoms with Crippen LogP contribution in [0.15, 0.2) is 180 Å². The number of rotatable bonds is 5. The minimum atomic E-state index is 0.600. The van der Waals surface area contributed by atoms with Crippen molar-refractivity contribution in [1.29, 1.82) is 0 Å². The molecule has 2 heterocycles. The quantitative estimate of drug-likeness (QED) is 0.174. The van der Waals surface area contributed by atoms with Crippen LogP contribution in [0.5, 0.6) is 0 Å². The summed E-state index contributed by atoms with van der Waals surface area (Å²) >= 11 is 0. The van der Waals surface area contributed by atoms with Gasteiger partial charge in [-0.1, -0.05) is 158 Å². The van der Waals surface area contributed by atoms with Gasteiger partial charge in [-0.2, -0.15) is 0 Å². The molecule has 4 nitrogen and oxygen atoms in total. The molecule has 0 radical (unpaired) electrons. The molecule has 0 aliphatic carbocycles. The van der Waals surface area contributed by atoms with E-state index in [-0.39, 0.29) is 0 Å². The SMILES string of the molecule is c1ccc(-c2nc(-c3cccc(-c4c(-c5ccccc5)c5ccccc5c5ccccc45)c3)nc(-c3cccc4oc5ccccc5c34)n2)cc1. The lowest BCUT2D eigenvalue weighted by Gasteiger charge is -2.19. The molecule has 0 aliphatic heterocycles. The highest BCUT2D eigenvalue weighted by Crippen LogP contribution is 2.45. The van der Waals surface area contributed by atoms with E-state index in [9.17, 15) is 0 Å². The van der Waals surface area contributed by atoms with Crippen molar-refractivity contribution < 1.29 is 4.42 Å². The predicted molar refractivity (Wildman–Crippen MR) is 209 cm³/mol. The first-order valence-electron chi connectivity index (χ1n) is 17.1. The number of benzene rings is 8. The second-order valence-electron chi connectivity index (χ2n) is 12.7. The van der Waals surface area contributed by atoms with Gasteiger partial charge < -0.3 is 4.42 Å². The zero-order valence-electron chi connectivity index (χ0n) is 27.5. The van der Waals surface area contributed by atoms with Crippen LogP contribution in [-0.2, 0) is 0 Å². The Kier molecular flexibility index (Phi) is 6.78. The zero-order chi connectivity index (χ0) is 33.7. The highest BCUT2D eigenvalue weighted by atomic mass is 16.3. The van der Waals surface area contributed by atoms with Gasteiger partial charge in [0.15, 0.2) is 17.5 Å². The van der Waals surface area contributed by atoms with Crippen molar-refractivity contribution in [2.45, 2.75) is 0 Å². The normalized spacial score (nSPS) is 11.5. The highest BCUT2D eigenvalue weighted by Gasteiger charge is 2.20. The minimum absolute atomic E-state index is 0.600. The molecule has 51 heavy (non-hydrogen) atoms. The van der Waals surface area contributed by atoms with Gasteiger partial charge in [-0.05, 0) is 62.0 Å². The molecule has 0 N–H and O–H groups in total. The van der Waals surface area contributed by atoms with Crippen molar-refractivity contribution in [3.8, 4) is 56.4 Å². The lowest BCUT2D eigenvalue weighted by molar-refractivity contribution is 0.669. The number of fused-ring (bicyclic) bond motifs is 6. The van der Waals surface area contributed by atoms with Crippen molar-refractivity contribution >= 4 is 43.5 Å². The van der Waals surface area contributed by atoms with Crippen LogP contribution in [0.3, 0.4) is 0 Å². The summed E-state index contributed by atoms with van der Waals surface area (Å²) in [6.07, 6.45) is 0. The summed E-state index contributed by atoms with van der Waals surface area (Å²) in [4.78, 5) is 15.4. The minimum Gasteiger partial charge on any atom is -0.456 e. The number of furan rings is 1. The van der Waals surface area contributed by atoms with Gasteiger partial charge in [-0.25, -0.2) is 15.0 Å². The lowest BCUT2D eigenvalue weighted by atomic mass is 9.84. The van der Waals surface area contributed by atoms with Crippen LogP contribution < -0.4 is 0 Å². The first-order valence-corrected chi connectivity index (χ1v) is 17.1. The van der Waals surface area contributed by atoms with Crippen molar-refractivity contribution in [3.63, 3.8) is 0 Å². The van der Waals surface area contributed by atoms with Crippen molar-refractivity contribution in [1.82, 2.24) is 15.0 Å². The number of hydrogen-bond acceptors (Lipinski definition) is 4. The van der Waals surface area contributed by atoms with Gasteiger partial charge in [0, 0.05) is 27.5 Å². The Morgan fingerprint density at radius 2 is 0.784 bits per heavy atom. The monoisotopic (exact) mass is 651 g/mol. The van der Waals surface area contributed by atoms with Gasteiger partial charge >= 0.3 is 0 Å². The fraction of sp³-hybridized carbons (Fsp3) is 0. The molecule has 8 aromatic carbocycles. The molecule has 2 aromatic heterocycles. The Hall–Kier alpha value is -6.91. The maximum Gasteiger partial charge on any atom is 0.164 e.